The largest absolute Gasteiger partial charge is 0.324 e. The highest BCUT2D eigenvalue weighted by molar-refractivity contribution is 6.00. The van der Waals surface area contributed by atoms with E-state index in [0.29, 0.717) is 36.2 Å². The lowest BCUT2D eigenvalue weighted by atomic mass is 10.0. The number of aryl methyl sites for hydroxylation is 1. The van der Waals surface area contributed by atoms with Gasteiger partial charge < -0.3 is 10.2 Å². The smallest absolute Gasteiger partial charge is 0.275 e. The molecular weight excluding hydrogens is 442 g/mol. The van der Waals surface area contributed by atoms with Crippen molar-refractivity contribution >= 4 is 17.5 Å². The summed E-state index contributed by atoms with van der Waals surface area (Å²) >= 11 is 0. The van der Waals surface area contributed by atoms with Crippen LogP contribution in [0.4, 0.5) is 5.69 Å². The number of amides is 2. The summed E-state index contributed by atoms with van der Waals surface area (Å²) in [6, 6.07) is 11.6. The Kier molecular flexibility index (Phi) is 7.21. The molecule has 176 valence electrons. The Labute approximate surface area is 203 Å². The summed E-state index contributed by atoms with van der Waals surface area (Å²) < 4.78 is 0. The first-order valence-electron chi connectivity index (χ1n) is 11.2. The molecule has 0 fully saturated rings. The molecule has 0 radical (unpaired) electrons. The van der Waals surface area contributed by atoms with Gasteiger partial charge in [0.2, 0.25) is 0 Å². The Morgan fingerprint density at radius 2 is 1.80 bits per heavy atom. The predicted molar refractivity (Wildman–Crippen MR) is 130 cm³/mol. The van der Waals surface area contributed by atoms with E-state index in [2.05, 4.69) is 36.4 Å². The molecule has 1 N–H and O–H groups in total. The van der Waals surface area contributed by atoms with E-state index in [1.165, 1.54) is 17.3 Å². The highest BCUT2D eigenvalue weighted by Gasteiger charge is 2.41. The molecule has 0 saturated heterocycles. The van der Waals surface area contributed by atoms with Crippen molar-refractivity contribution in [3.05, 3.63) is 84.2 Å². The maximum atomic E-state index is 13.7. The molecule has 35 heavy (non-hydrogen) atoms. The second kappa shape index (κ2) is 10.7. The fourth-order valence-corrected chi connectivity index (χ4v) is 3.72. The van der Waals surface area contributed by atoms with Crippen LogP contribution in [-0.2, 0) is 4.79 Å². The summed E-state index contributed by atoms with van der Waals surface area (Å²) in [7, 11) is 0. The van der Waals surface area contributed by atoms with Crippen molar-refractivity contribution in [2.45, 2.75) is 37.9 Å². The van der Waals surface area contributed by atoms with E-state index in [4.69, 9.17) is 6.42 Å². The van der Waals surface area contributed by atoms with Gasteiger partial charge in [-0.15, -0.1) is 12.3 Å². The summed E-state index contributed by atoms with van der Waals surface area (Å²) in [4.78, 5) is 41.4. The van der Waals surface area contributed by atoms with Gasteiger partial charge >= 0.3 is 0 Å². The van der Waals surface area contributed by atoms with Crippen molar-refractivity contribution in [1.82, 2.24) is 19.9 Å². The molecule has 4 rings (SSSR count). The van der Waals surface area contributed by atoms with Gasteiger partial charge in [-0.3, -0.25) is 19.6 Å². The third-order valence-corrected chi connectivity index (χ3v) is 5.69. The fourth-order valence-electron chi connectivity index (χ4n) is 3.72. The molecule has 1 aliphatic rings. The molecule has 0 aliphatic carbocycles. The molecule has 1 aliphatic heterocycles. The summed E-state index contributed by atoms with van der Waals surface area (Å²) in [5, 5.41) is 11.3. The van der Waals surface area contributed by atoms with Crippen molar-refractivity contribution in [3.8, 4) is 12.3 Å². The van der Waals surface area contributed by atoms with Crippen LogP contribution in [0.25, 0.3) is 0 Å². The minimum atomic E-state index is -0.947. The molecule has 1 atom stereocenters. The third-order valence-electron chi connectivity index (χ3n) is 5.69. The molecule has 9 heteroatoms. The molecule has 3 aromatic rings. The lowest BCUT2D eigenvalue weighted by Gasteiger charge is -2.31. The number of carbonyl (C=O) groups is 2. The molecule has 9 nitrogen and oxygen atoms in total. The number of anilines is 1. The predicted octanol–water partition coefficient (Wildman–Crippen LogP) is 3.97. The molecule has 0 spiro atoms. The standard InChI is InChI=1S/C26H25N7O2/c1-3-4-12-26(31-32-26)13-16-33(25(35)22-18-28-19(2)17-29-22)23(20-10-14-27-15-11-20)24(34)30-21-8-6-5-7-9-21/h1,5-11,14-15,17-18,23H,4,12-13,16H2,2H3,(H,30,34). The SMILES string of the molecule is C#CCCC1(CCN(C(=O)c2cnc(C)cn2)C(C(=O)Nc2ccccc2)c2ccncc2)N=N1. The molecule has 2 amide bonds. The number of terminal acetylenes is 1. The monoisotopic (exact) mass is 467 g/mol. The molecule has 0 saturated carbocycles. The minimum Gasteiger partial charge on any atom is -0.324 e. The summed E-state index contributed by atoms with van der Waals surface area (Å²) in [5.74, 6) is 1.83. The minimum absolute atomic E-state index is 0.143. The number of nitrogens with one attached hydrogen (secondary N) is 1. The van der Waals surface area contributed by atoms with E-state index in [-0.39, 0.29) is 18.1 Å². The average molecular weight is 468 g/mol. The number of nitrogens with zero attached hydrogens (tertiary/aromatic N) is 6. The van der Waals surface area contributed by atoms with Gasteiger partial charge in [0.25, 0.3) is 11.8 Å². The topological polar surface area (TPSA) is 113 Å². The number of para-hydroxylation sites is 1. The number of benzene rings is 1. The molecule has 1 unspecified atom stereocenters. The Morgan fingerprint density at radius 3 is 2.43 bits per heavy atom. The van der Waals surface area contributed by atoms with E-state index < -0.39 is 17.6 Å². The Balaban J connectivity index is 1.68. The van der Waals surface area contributed by atoms with Crippen LogP contribution in [0.15, 0.2) is 77.5 Å². The van der Waals surface area contributed by atoms with Crippen molar-refractivity contribution in [2.24, 2.45) is 10.2 Å². The van der Waals surface area contributed by atoms with Crippen LogP contribution in [0.1, 0.15) is 47.1 Å². The second-order valence-electron chi connectivity index (χ2n) is 8.22. The van der Waals surface area contributed by atoms with Crippen molar-refractivity contribution < 1.29 is 9.59 Å². The van der Waals surface area contributed by atoms with Crippen LogP contribution in [0.3, 0.4) is 0 Å². The highest BCUT2D eigenvalue weighted by Crippen LogP contribution is 2.38. The van der Waals surface area contributed by atoms with Crippen LogP contribution >= 0.6 is 0 Å². The van der Waals surface area contributed by atoms with Gasteiger partial charge in [0.15, 0.2) is 5.66 Å². The average Bonchev–Trinajstić information content (AvgIpc) is 3.66. The van der Waals surface area contributed by atoms with Crippen molar-refractivity contribution in [1.29, 1.82) is 0 Å². The van der Waals surface area contributed by atoms with Crippen LogP contribution in [0.2, 0.25) is 0 Å². The van der Waals surface area contributed by atoms with Crippen LogP contribution in [-0.4, -0.2) is 43.9 Å². The first kappa shape index (κ1) is 23.7. The van der Waals surface area contributed by atoms with Gasteiger partial charge in [-0.25, -0.2) is 4.98 Å². The first-order chi connectivity index (χ1) is 17.0. The van der Waals surface area contributed by atoms with Gasteiger partial charge in [-0.1, -0.05) is 18.2 Å². The zero-order valence-electron chi connectivity index (χ0n) is 19.3. The van der Waals surface area contributed by atoms with E-state index in [1.54, 1.807) is 43.6 Å². The van der Waals surface area contributed by atoms with Crippen LogP contribution < -0.4 is 5.32 Å². The lowest BCUT2D eigenvalue weighted by molar-refractivity contribution is -0.120. The molecule has 0 bridgehead atoms. The number of rotatable bonds is 10. The molecule has 2 aromatic heterocycles. The second-order valence-corrected chi connectivity index (χ2v) is 8.22. The van der Waals surface area contributed by atoms with Crippen LogP contribution in [0, 0.1) is 19.3 Å². The van der Waals surface area contributed by atoms with Crippen molar-refractivity contribution in [3.63, 3.8) is 0 Å². The number of hydrogen-bond donors (Lipinski definition) is 1. The quantitative estimate of drug-likeness (QED) is 0.453. The first-order valence-corrected chi connectivity index (χ1v) is 11.2. The number of hydrogen-bond acceptors (Lipinski definition) is 7. The number of pyridine rings is 1. The molecule has 3 heterocycles. The fraction of sp³-hybridized carbons (Fsp3) is 0.269. The maximum Gasteiger partial charge on any atom is 0.275 e. The Hall–Kier alpha value is -4.45. The number of carbonyl (C=O) groups excluding carboxylic acids is 2. The highest BCUT2D eigenvalue weighted by atomic mass is 16.2. The Morgan fingerprint density at radius 1 is 1.06 bits per heavy atom. The van der Waals surface area contributed by atoms with Gasteiger partial charge in [0, 0.05) is 50.1 Å². The summed E-state index contributed by atoms with van der Waals surface area (Å²) in [5.41, 5.74) is 1.44. The van der Waals surface area contributed by atoms with Crippen LogP contribution in [0.5, 0.6) is 0 Å². The summed E-state index contributed by atoms with van der Waals surface area (Å²) in [6.07, 6.45) is 13.1. The van der Waals surface area contributed by atoms with E-state index in [0.717, 1.165) is 0 Å². The summed E-state index contributed by atoms with van der Waals surface area (Å²) in [6.45, 7) is 2.00. The lowest BCUT2D eigenvalue weighted by Crippen LogP contribution is -2.43. The van der Waals surface area contributed by atoms with Gasteiger partial charge in [-0.2, -0.15) is 10.2 Å². The van der Waals surface area contributed by atoms with Gasteiger partial charge in [-0.05, 0) is 36.8 Å². The van der Waals surface area contributed by atoms with Gasteiger partial charge in [0.1, 0.15) is 11.7 Å². The van der Waals surface area contributed by atoms with Crippen molar-refractivity contribution in [2.75, 3.05) is 11.9 Å². The molecular formula is C26H25N7O2. The van der Waals surface area contributed by atoms with E-state index in [1.807, 2.05) is 18.2 Å². The number of aromatic nitrogens is 3. The Bertz CT molecular complexity index is 1230. The normalized spacial score (nSPS) is 13.9. The van der Waals surface area contributed by atoms with E-state index >= 15 is 0 Å². The zero-order valence-corrected chi connectivity index (χ0v) is 19.3. The third kappa shape index (κ3) is 5.92. The van der Waals surface area contributed by atoms with E-state index in [9.17, 15) is 9.59 Å². The van der Waals surface area contributed by atoms with Gasteiger partial charge in [0.05, 0.1) is 11.9 Å². The molecule has 1 aromatic carbocycles. The maximum absolute atomic E-state index is 13.7. The zero-order chi connectivity index (χ0) is 24.7.